The van der Waals surface area contributed by atoms with Crippen LogP contribution in [0, 0.1) is 0 Å². The van der Waals surface area contributed by atoms with E-state index in [0.717, 1.165) is 12.8 Å². The van der Waals surface area contributed by atoms with Crippen LogP contribution in [0.3, 0.4) is 0 Å². The third-order valence-electron chi connectivity index (χ3n) is 6.23. The monoisotopic (exact) mass is 461 g/mol. The maximum Gasteiger partial charge on any atom is 0.330 e. The molecule has 0 amide bonds. The molecule has 182 valence electrons. The molecule has 0 radical (unpaired) electrons. The third-order valence-corrected chi connectivity index (χ3v) is 6.23. The van der Waals surface area contributed by atoms with Crippen LogP contribution in [-0.2, 0) is 14.2 Å². The Morgan fingerprint density at radius 1 is 1.12 bits per heavy atom. The fourth-order valence-corrected chi connectivity index (χ4v) is 4.61. The van der Waals surface area contributed by atoms with Crippen molar-refractivity contribution in [2.24, 2.45) is 0 Å². The molecule has 10 nitrogen and oxygen atoms in total. The van der Waals surface area contributed by atoms with Crippen molar-refractivity contribution in [2.75, 3.05) is 6.61 Å². The van der Waals surface area contributed by atoms with E-state index in [0.29, 0.717) is 30.3 Å². The lowest BCUT2D eigenvalue weighted by molar-refractivity contribution is -0.0963. The second-order valence-electron chi connectivity index (χ2n) is 9.56. The van der Waals surface area contributed by atoms with Crippen molar-refractivity contribution in [1.29, 1.82) is 0 Å². The first-order valence-electron chi connectivity index (χ1n) is 12.0. The summed E-state index contributed by atoms with van der Waals surface area (Å²) < 4.78 is 21.2. The zero-order valence-electron chi connectivity index (χ0n) is 19.9. The van der Waals surface area contributed by atoms with Gasteiger partial charge in [0.15, 0.2) is 0 Å². The van der Waals surface area contributed by atoms with E-state index in [-0.39, 0.29) is 24.4 Å². The summed E-state index contributed by atoms with van der Waals surface area (Å²) in [7, 11) is 0. The molecule has 0 aromatic carbocycles. The van der Waals surface area contributed by atoms with Gasteiger partial charge >= 0.3 is 5.69 Å². The number of nitrogens with one attached hydrogen (secondary N) is 1. The van der Waals surface area contributed by atoms with Crippen LogP contribution in [0.5, 0.6) is 0 Å². The van der Waals surface area contributed by atoms with Crippen LogP contribution in [0.1, 0.15) is 78.5 Å². The Balaban J connectivity index is 1.58. The van der Waals surface area contributed by atoms with E-state index >= 15 is 0 Å². The summed E-state index contributed by atoms with van der Waals surface area (Å²) >= 11 is 0. The maximum atomic E-state index is 12.7. The van der Waals surface area contributed by atoms with Crippen molar-refractivity contribution >= 4 is 0 Å². The topological polar surface area (TPSA) is 113 Å². The van der Waals surface area contributed by atoms with Gasteiger partial charge in [0, 0.05) is 12.6 Å². The van der Waals surface area contributed by atoms with Crippen LogP contribution in [-0.4, -0.2) is 55.6 Å². The van der Waals surface area contributed by atoms with Gasteiger partial charge in [0.1, 0.15) is 18.0 Å². The fraction of sp³-hybridized carbons (Fsp3) is 0.739. The molecular weight excluding hydrogens is 426 g/mol. The predicted octanol–water partition coefficient (Wildman–Crippen LogP) is 2.81. The third kappa shape index (κ3) is 5.62. The quantitative estimate of drug-likeness (QED) is 0.643. The second-order valence-corrected chi connectivity index (χ2v) is 9.56. The van der Waals surface area contributed by atoms with Gasteiger partial charge in [-0.3, -0.25) is 14.3 Å². The SMILES string of the molecule is CC(C)OC[C@H]1O[C@@H](n2cc(-c3cn(C4CCCCC4)nn3)c(=O)[nH]c2=O)CC1OC(C)C. The Labute approximate surface area is 193 Å². The normalized spacial score (nSPS) is 24.2. The molecule has 0 spiro atoms. The fourth-order valence-electron chi connectivity index (χ4n) is 4.61. The number of nitrogens with zero attached hydrogens (tertiary/aromatic N) is 4. The Morgan fingerprint density at radius 2 is 1.88 bits per heavy atom. The zero-order chi connectivity index (χ0) is 23.5. The summed E-state index contributed by atoms with van der Waals surface area (Å²) in [5, 5.41) is 8.49. The summed E-state index contributed by atoms with van der Waals surface area (Å²) in [6, 6.07) is 0.304. The van der Waals surface area contributed by atoms with Gasteiger partial charge in [-0.15, -0.1) is 5.10 Å². The van der Waals surface area contributed by atoms with Gasteiger partial charge in [-0.1, -0.05) is 24.5 Å². The molecule has 1 N–H and O–H groups in total. The largest absolute Gasteiger partial charge is 0.376 e. The predicted molar refractivity (Wildman–Crippen MR) is 122 cm³/mol. The Hall–Kier alpha value is -2.30. The Bertz CT molecular complexity index is 1040. The molecule has 1 aliphatic heterocycles. The number of rotatable bonds is 8. The molecule has 10 heteroatoms. The van der Waals surface area contributed by atoms with E-state index in [1.807, 2.05) is 32.4 Å². The zero-order valence-corrected chi connectivity index (χ0v) is 19.9. The molecule has 2 aliphatic rings. The van der Waals surface area contributed by atoms with Crippen LogP contribution in [0.4, 0.5) is 0 Å². The second kappa shape index (κ2) is 10.3. The van der Waals surface area contributed by atoms with Gasteiger partial charge in [0.2, 0.25) is 0 Å². The molecule has 2 aromatic heterocycles. The lowest BCUT2D eigenvalue weighted by Crippen LogP contribution is -2.33. The number of ether oxygens (including phenoxy) is 3. The standard InChI is InChI=1S/C23H35N5O5/c1-14(2)31-13-20-19(32-15(3)4)10-21(33-20)27-11-17(22(29)24-23(27)30)18-12-28(26-25-18)16-8-6-5-7-9-16/h11-12,14-16,19-21H,5-10,13H2,1-4H3,(H,24,29,30)/t19?,20-,21-/m1/s1. The number of aromatic nitrogens is 5. The average molecular weight is 462 g/mol. The highest BCUT2D eigenvalue weighted by Crippen LogP contribution is 2.32. The molecule has 3 atom stereocenters. The lowest BCUT2D eigenvalue weighted by Gasteiger charge is -2.21. The highest BCUT2D eigenvalue weighted by molar-refractivity contribution is 5.54. The van der Waals surface area contributed by atoms with E-state index in [1.54, 1.807) is 6.20 Å². The van der Waals surface area contributed by atoms with Crippen molar-refractivity contribution in [3.8, 4) is 11.3 Å². The highest BCUT2D eigenvalue weighted by atomic mass is 16.6. The molecule has 4 rings (SSSR count). The molecule has 1 saturated heterocycles. The number of H-pyrrole nitrogens is 1. The van der Waals surface area contributed by atoms with E-state index in [1.165, 1.54) is 30.0 Å². The van der Waals surface area contributed by atoms with Gasteiger partial charge < -0.3 is 14.2 Å². The van der Waals surface area contributed by atoms with Crippen LogP contribution in [0.15, 0.2) is 22.0 Å². The molecule has 1 aliphatic carbocycles. The van der Waals surface area contributed by atoms with Crippen molar-refractivity contribution < 1.29 is 14.2 Å². The van der Waals surface area contributed by atoms with Gasteiger partial charge in [-0.2, -0.15) is 0 Å². The first-order valence-corrected chi connectivity index (χ1v) is 12.0. The van der Waals surface area contributed by atoms with E-state index in [2.05, 4.69) is 15.3 Å². The molecule has 33 heavy (non-hydrogen) atoms. The van der Waals surface area contributed by atoms with E-state index in [4.69, 9.17) is 14.2 Å². The van der Waals surface area contributed by atoms with Crippen molar-refractivity contribution in [3.63, 3.8) is 0 Å². The van der Waals surface area contributed by atoms with Crippen molar-refractivity contribution in [3.05, 3.63) is 33.2 Å². The first kappa shape index (κ1) is 23.8. The molecular formula is C23H35N5O5. The summed E-state index contributed by atoms with van der Waals surface area (Å²) in [5.41, 5.74) is -0.270. The average Bonchev–Trinajstić information content (AvgIpc) is 3.40. The Morgan fingerprint density at radius 3 is 2.58 bits per heavy atom. The smallest absolute Gasteiger partial charge is 0.330 e. The van der Waals surface area contributed by atoms with Gasteiger partial charge in [-0.25, -0.2) is 9.48 Å². The van der Waals surface area contributed by atoms with Crippen LogP contribution in [0.2, 0.25) is 0 Å². The summed E-state index contributed by atoms with van der Waals surface area (Å²) in [6.07, 6.45) is 8.48. The first-order chi connectivity index (χ1) is 15.8. The minimum atomic E-state index is -0.578. The summed E-state index contributed by atoms with van der Waals surface area (Å²) in [6.45, 7) is 8.22. The Kier molecular flexibility index (Phi) is 7.45. The molecule has 0 bridgehead atoms. The molecule has 2 aromatic rings. The molecule has 2 fully saturated rings. The lowest BCUT2D eigenvalue weighted by atomic mass is 9.96. The highest BCUT2D eigenvalue weighted by Gasteiger charge is 2.38. The van der Waals surface area contributed by atoms with Crippen LogP contribution < -0.4 is 11.2 Å². The number of hydrogen-bond donors (Lipinski definition) is 1. The number of hydrogen-bond acceptors (Lipinski definition) is 7. The van der Waals surface area contributed by atoms with Crippen LogP contribution in [0.25, 0.3) is 11.3 Å². The summed E-state index contributed by atoms with van der Waals surface area (Å²) in [5.74, 6) is 0. The van der Waals surface area contributed by atoms with E-state index in [9.17, 15) is 9.59 Å². The van der Waals surface area contributed by atoms with Gasteiger partial charge in [0.25, 0.3) is 5.56 Å². The molecule has 1 unspecified atom stereocenters. The van der Waals surface area contributed by atoms with Crippen molar-refractivity contribution in [1.82, 2.24) is 24.5 Å². The minimum Gasteiger partial charge on any atom is -0.376 e. The molecule has 1 saturated carbocycles. The van der Waals surface area contributed by atoms with Gasteiger partial charge in [-0.05, 0) is 40.5 Å². The van der Waals surface area contributed by atoms with Crippen LogP contribution >= 0.6 is 0 Å². The minimum absolute atomic E-state index is 0.0107. The van der Waals surface area contributed by atoms with E-state index < -0.39 is 17.5 Å². The van der Waals surface area contributed by atoms with Gasteiger partial charge in [0.05, 0.1) is 42.7 Å². The summed E-state index contributed by atoms with van der Waals surface area (Å²) in [4.78, 5) is 27.7. The molecule has 3 heterocycles. The maximum absolute atomic E-state index is 12.7. The van der Waals surface area contributed by atoms with Crippen molar-refractivity contribution in [2.45, 2.75) is 103 Å². The number of aromatic amines is 1.